The molecule has 0 unspecified atom stereocenters. The molecule has 0 fully saturated rings. The van der Waals surface area contributed by atoms with Crippen LogP contribution in [0.25, 0.3) is 27.6 Å². The molecule has 5 heteroatoms. The van der Waals surface area contributed by atoms with Crippen molar-refractivity contribution in [1.29, 1.82) is 0 Å². The van der Waals surface area contributed by atoms with Gasteiger partial charge in [-0.05, 0) is 54.6 Å². The van der Waals surface area contributed by atoms with Gasteiger partial charge in [-0.15, -0.1) is 0 Å². The summed E-state index contributed by atoms with van der Waals surface area (Å²) in [6, 6.07) is 12.1. The molecule has 0 radical (unpaired) electrons. The minimum atomic E-state index is 0.580. The van der Waals surface area contributed by atoms with Crippen LogP contribution in [0.15, 0.2) is 60.2 Å². The summed E-state index contributed by atoms with van der Waals surface area (Å²) in [4.78, 5) is 15.3. The quantitative estimate of drug-likeness (QED) is 0.433. The van der Waals surface area contributed by atoms with Crippen LogP contribution in [-0.4, -0.2) is 30.8 Å². The highest BCUT2D eigenvalue weighted by atomic mass is 35.5. The Hall–Kier alpha value is -2.98. The number of benzene rings is 2. The van der Waals surface area contributed by atoms with Gasteiger partial charge in [0.1, 0.15) is 5.82 Å². The first kappa shape index (κ1) is 18.8. The summed E-state index contributed by atoms with van der Waals surface area (Å²) in [7, 11) is 3.94. The Morgan fingerprint density at radius 2 is 1.81 bits per heavy atom. The average molecular weight is 377 g/mol. The second-order valence-electron chi connectivity index (χ2n) is 6.43. The molecule has 0 N–H and O–H groups in total. The van der Waals surface area contributed by atoms with Crippen LogP contribution in [0.5, 0.6) is 0 Å². The van der Waals surface area contributed by atoms with Gasteiger partial charge in [0.05, 0.1) is 5.52 Å². The number of aromatic nitrogens is 2. The number of hydrogen-bond donors (Lipinski definition) is 0. The zero-order chi connectivity index (χ0) is 19.6. The van der Waals surface area contributed by atoms with Gasteiger partial charge in [-0.1, -0.05) is 36.4 Å². The largest absolute Gasteiger partial charge is 0.362 e. The number of aryl methyl sites for hydroxylation is 1. The van der Waals surface area contributed by atoms with E-state index in [1.54, 1.807) is 12.3 Å². The van der Waals surface area contributed by atoms with E-state index in [0.29, 0.717) is 5.82 Å². The normalized spacial score (nSPS) is 11.5. The number of anilines is 1. The molecule has 0 amide bonds. The van der Waals surface area contributed by atoms with Gasteiger partial charge in [0, 0.05) is 36.3 Å². The topological polar surface area (TPSA) is 41.4 Å². The van der Waals surface area contributed by atoms with E-state index in [1.807, 2.05) is 43.3 Å². The van der Waals surface area contributed by atoms with Gasteiger partial charge < -0.3 is 4.90 Å². The minimum Gasteiger partial charge on any atom is -0.362 e. The predicted molar refractivity (Wildman–Crippen MR) is 117 cm³/mol. The molecule has 1 aromatic heterocycles. The Balaban J connectivity index is 2.29. The lowest BCUT2D eigenvalue weighted by Crippen LogP contribution is -2.13. The molecule has 3 rings (SSSR count). The Bertz CT molecular complexity index is 1050. The molecule has 0 saturated heterocycles. The molecule has 3 aromatic rings. The number of nitrogens with zero attached hydrogens (tertiary/aromatic N) is 4. The molecular weight excluding hydrogens is 356 g/mol. The zero-order valence-electron chi connectivity index (χ0n) is 15.7. The summed E-state index contributed by atoms with van der Waals surface area (Å²) in [6.45, 7) is 9.40. The third-order valence-electron chi connectivity index (χ3n) is 4.28. The predicted octanol–water partition coefficient (Wildman–Crippen LogP) is 5.55. The highest BCUT2D eigenvalue weighted by Gasteiger charge is 2.15. The Morgan fingerprint density at radius 1 is 1.11 bits per heavy atom. The maximum Gasteiger partial charge on any atom is 0.163 e. The van der Waals surface area contributed by atoms with E-state index < -0.39 is 0 Å². The van der Waals surface area contributed by atoms with E-state index in [4.69, 9.17) is 21.6 Å². The summed E-state index contributed by atoms with van der Waals surface area (Å²) in [6.07, 6.45) is 3.30. The van der Waals surface area contributed by atoms with Gasteiger partial charge in [0.15, 0.2) is 5.82 Å². The van der Waals surface area contributed by atoms with Gasteiger partial charge in [0.25, 0.3) is 0 Å². The van der Waals surface area contributed by atoms with Crippen LogP contribution in [0.3, 0.4) is 0 Å². The first-order valence-electron chi connectivity index (χ1n) is 8.49. The van der Waals surface area contributed by atoms with Crippen LogP contribution in [0, 0.1) is 6.92 Å². The molecule has 136 valence electrons. The lowest BCUT2D eigenvalue weighted by atomic mass is 10.00. The Kier molecular flexibility index (Phi) is 5.38. The Morgan fingerprint density at radius 3 is 2.41 bits per heavy atom. The maximum atomic E-state index is 6.03. The molecule has 1 heterocycles. The highest BCUT2D eigenvalue weighted by molar-refractivity contribution is 6.30. The molecular formula is C22H21ClN4. The molecule has 0 bridgehead atoms. The van der Waals surface area contributed by atoms with Crippen molar-refractivity contribution < 1.29 is 0 Å². The van der Waals surface area contributed by atoms with Gasteiger partial charge in [-0.2, -0.15) is 0 Å². The van der Waals surface area contributed by atoms with Crippen LogP contribution < -0.4 is 4.90 Å². The van der Waals surface area contributed by atoms with Crippen molar-refractivity contribution in [2.75, 3.05) is 19.0 Å². The number of hydrogen-bond acceptors (Lipinski definition) is 4. The van der Waals surface area contributed by atoms with Crippen LogP contribution >= 0.6 is 11.6 Å². The van der Waals surface area contributed by atoms with Crippen LogP contribution in [0.4, 0.5) is 5.82 Å². The van der Waals surface area contributed by atoms with E-state index in [1.165, 1.54) is 0 Å². The summed E-state index contributed by atoms with van der Waals surface area (Å²) < 4.78 is 0. The zero-order valence-corrected chi connectivity index (χ0v) is 16.5. The second kappa shape index (κ2) is 7.72. The van der Waals surface area contributed by atoms with Crippen molar-refractivity contribution in [3.05, 3.63) is 71.7 Å². The summed E-state index contributed by atoms with van der Waals surface area (Å²) in [5.74, 6) is 1.42. The second-order valence-corrected chi connectivity index (χ2v) is 6.87. The molecule has 0 atom stereocenters. The SMILES string of the molecule is C=C/C(=C\N=C)c1nc(N(C)C)c2cc(-c3ccc(Cl)cc3)cc(C)c2n1. The standard InChI is InChI=1S/C22H21ClN4/c1-6-15(13-24-3)21-25-20-14(2)11-17(16-7-9-18(23)10-8-16)12-19(20)22(26-21)27(4)5/h6-13H,1,3H2,2,4-5H3/b15-13+. The molecule has 0 spiro atoms. The van der Waals surface area contributed by atoms with E-state index in [2.05, 4.69) is 37.3 Å². The van der Waals surface area contributed by atoms with Crippen LogP contribution in [-0.2, 0) is 0 Å². The van der Waals surface area contributed by atoms with E-state index in [0.717, 1.165) is 44.0 Å². The first-order chi connectivity index (χ1) is 12.9. The molecule has 0 aliphatic rings. The third-order valence-corrected chi connectivity index (χ3v) is 4.53. The fourth-order valence-electron chi connectivity index (χ4n) is 2.97. The fraction of sp³-hybridized carbons (Fsp3) is 0.136. The lowest BCUT2D eigenvalue weighted by Gasteiger charge is -2.17. The molecule has 0 aliphatic heterocycles. The van der Waals surface area contributed by atoms with Gasteiger partial charge >= 0.3 is 0 Å². The van der Waals surface area contributed by atoms with Crippen molar-refractivity contribution in [1.82, 2.24) is 9.97 Å². The van der Waals surface area contributed by atoms with Crippen molar-refractivity contribution >= 4 is 40.6 Å². The smallest absolute Gasteiger partial charge is 0.163 e. The van der Waals surface area contributed by atoms with Crippen molar-refractivity contribution in [2.45, 2.75) is 6.92 Å². The fourth-order valence-corrected chi connectivity index (χ4v) is 3.09. The van der Waals surface area contributed by atoms with Gasteiger partial charge in [-0.3, -0.25) is 4.99 Å². The summed E-state index contributed by atoms with van der Waals surface area (Å²) in [5, 5.41) is 1.71. The summed E-state index contributed by atoms with van der Waals surface area (Å²) >= 11 is 6.03. The highest BCUT2D eigenvalue weighted by Crippen LogP contribution is 2.32. The number of halogens is 1. The van der Waals surface area contributed by atoms with Crippen LogP contribution in [0.2, 0.25) is 5.02 Å². The van der Waals surface area contributed by atoms with Crippen molar-refractivity contribution in [2.24, 2.45) is 4.99 Å². The molecule has 0 aliphatic carbocycles. The number of fused-ring (bicyclic) bond motifs is 1. The van der Waals surface area contributed by atoms with E-state index in [-0.39, 0.29) is 0 Å². The Labute approximate surface area is 164 Å². The molecule has 2 aromatic carbocycles. The van der Waals surface area contributed by atoms with Gasteiger partial charge in [-0.25, -0.2) is 9.97 Å². The lowest BCUT2D eigenvalue weighted by molar-refractivity contribution is 1.04. The minimum absolute atomic E-state index is 0.580. The van der Waals surface area contributed by atoms with Crippen molar-refractivity contribution in [3.63, 3.8) is 0 Å². The van der Waals surface area contributed by atoms with Crippen LogP contribution in [0.1, 0.15) is 11.4 Å². The number of rotatable bonds is 5. The first-order valence-corrected chi connectivity index (χ1v) is 8.87. The number of allylic oxidation sites excluding steroid dienone is 2. The monoisotopic (exact) mass is 376 g/mol. The van der Waals surface area contributed by atoms with Gasteiger partial charge in [0.2, 0.25) is 0 Å². The van der Waals surface area contributed by atoms with E-state index >= 15 is 0 Å². The molecule has 27 heavy (non-hydrogen) atoms. The molecule has 0 saturated carbocycles. The third kappa shape index (κ3) is 3.76. The average Bonchev–Trinajstić information content (AvgIpc) is 2.66. The van der Waals surface area contributed by atoms with E-state index in [9.17, 15) is 0 Å². The number of aliphatic imine (C=N–C) groups is 1. The maximum absolute atomic E-state index is 6.03. The van der Waals surface area contributed by atoms with Crippen molar-refractivity contribution in [3.8, 4) is 11.1 Å². The molecule has 4 nitrogen and oxygen atoms in total. The summed E-state index contributed by atoms with van der Waals surface area (Å²) in [5.41, 5.74) is 4.90.